The molecule has 0 atom stereocenters. The fourth-order valence-corrected chi connectivity index (χ4v) is 3.19. The van der Waals surface area contributed by atoms with Gasteiger partial charge in [0.2, 0.25) is 0 Å². The van der Waals surface area contributed by atoms with Crippen molar-refractivity contribution in [1.29, 1.82) is 0 Å². The average Bonchev–Trinajstić information content (AvgIpc) is 3.00. The average molecular weight is 287 g/mol. The minimum atomic E-state index is 0.605. The minimum Gasteiger partial charge on any atom is -0.360 e. The van der Waals surface area contributed by atoms with E-state index >= 15 is 0 Å². The van der Waals surface area contributed by atoms with Crippen molar-refractivity contribution in [3.8, 4) is 10.4 Å². The maximum absolute atomic E-state index is 5.50. The molecule has 0 aliphatic carbocycles. The van der Waals surface area contributed by atoms with Crippen molar-refractivity contribution in [2.45, 2.75) is 13.8 Å². The Morgan fingerprint density at radius 1 is 1.35 bits per heavy atom. The second kappa shape index (κ2) is 5.22. The van der Waals surface area contributed by atoms with Crippen molar-refractivity contribution in [3.05, 3.63) is 29.6 Å². The molecule has 0 aliphatic rings. The number of aromatic nitrogens is 3. The molecule has 2 aromatic heterocycles. The van der Waals surface area contributed by atoms with Crippen molar-refractivity contribution in [2.75, 3.05) is 18.4 Å². The Labute approximate surface area is 121 Å². The number of H-pyrrole nitrogens is 1. The molecule has 6 heteroatoms. The summed E-state index contributed by atoms with van der Waals surface area (Å²) in [6, 6.07) is 6.30. The maximum Gasteiger partial charge on any atom is 0.183 e. The number of aryl methyl sites for hydroxylation is 2. The summed E-state index contributed by atoms with van der Waals surface area (Å²) < 4.78 is 0. The molecule has 1 aromatic carbocycles. The van der Waals surface area contributed by atoms with Crippen LogP contribution < -0.4 is 11.1 Å². The molecule has 0 bridgehead atoms. The van der Waals surface area contributed by atoms with E-state index in [0.29, 0.717) is 6.54 Å². The number of fused-ring (bicyclic) bond motifs is 1. The minimum absolute atomic E-state index is 0.605. The first-order valence-corrected chi connectivity index (χ1v) is 7.37. The molecule has 2 heterocycles. The summed E-state index contributed by atoms with van der Waals surface area (Å²) in [7, 11) is 0. The number of anilines is 1. The van der Waals surface area contributed by atoms with Crippen LogP contribution in [0.15, 0.2) is 18.2 Å². The first-order chi connectivity index (χ1) is 9.69. The van der Waals surface area contributed by atoms with E-state index < -0.39 is 0 Å². The Balaban J connectivity index is 2.01. The van der Waals surface area contributed by atoms with Crippen LogP contribution in [0.4, 0.5) is 5.13 Å². The highest BCUT2D eigenvalue weighted by atomic mass is 32.1. The van der Waals surface area contributed by atoms with E-state index in [2.05, 4.69) is 32.6 Å². The van der Waals surface area contributed by atoms with Gasteiger partial charge in [0.15, 0.2) is 5.13 Å². The SMILES string of the molecule is Cc1nc(NCCN)sc1-c1ccc2n[nH]c(C)c2c1. The van der Waals surface area contributed by atoms with Crippen LogP contribution >= 0.6 is 11.3 Å². The van der Waals surface area contributed by atoms with Crippen LogP contribution in [0.5, 0.6) is 0 Å². The standard InChI is InChI=1S/C14H17N5S/c1-8-11-7-10(3-4-12(11)19-18-8)13-9(2)17-14(20-13)16-6-5-15/h3-4,7H,5-6,15H2,1-2H3,(H,16,17)(H,18,19). The third kappa shape index (κ3) is 2.28. The van der Waals surface area contributed by atoms with Crippen LogP contribution in [0.3, 0.4) is 0 Å². The Bertz CT molecular complexity index is 743. The normalized spacial score (nSPS) is 11.2. The zero-order valence-corrected chi connectivity index (χ0v) is 12.3. The lowest BCUT2D eigenvalue weighted by atomic mass is 10.1. The Hall–Kier alpha value is -1.92. The summed E-state index contributed by atoms with van der Waals surface area (Å²) in [6.45, 7) is 5.42. The maximum atomic E-state index is 5.50. The van der Waals surface area contributed by atoms with Gasteiger partial charge in [-0.25, -0.2) is 4.98 Å². The van der Waals surface area contributed by atoms with Crippen LogP contribution in [-0.2, 0) is 0 Å². The lowest BCUT2D eigenvalue weighted by Crippen LogP contribution is -2.12. The summed E-state index contributed by atoms with van der Waals surface area (Å²) >= 11 is 1.66. The number of nitrogens with two attached hydrogens (primary N) is 1. The second-order valence-electron chi connectivity index (χ2n) is 4.73. The van der Waals surface area contributed by atoms with Crippen LogP contribution in [0.2, 0.25) is 0 Å². The highest BCUT2D eigenvalue weighted by Gasteiger charge is 2.11. The molecule has 0 unspecified atom stereocenters. The predicted octanol–water partition coefficient (Wildman–Crippen LogP) is 2.67. The van der Waals surface area contributed by atoms with Crippen LogP contribution in [0, 0.1) is 13.8 Å². The summed E-state index contributed by atoms with van der Waals surface area (Å²) in [5.74, 6) is 0. The Morgan fingerprint density at radius 2 is 2.20 bits per heavy atom. The largest absolute Gasteiger partial charge is 0.360 e. The van der Waals surface area contributed by atoms with Gasteiger partial charge in [-0.1, -0.05) is 17.4 Å². The van der Waals surface area contributed by atoms with Gasteiger partial charge in [0.1, 0.15) is 0 Å². The number of thiazole rings is 1. The quantitative estimate of drug-likeness (QED) is 0.689. The third-order valence-electron chi connectivity index (χ3n) is 3.22. The van der Waals surface area contributed by atoms with Gasteiger partial charge in [0.25, 0.3) is 0 Å². The van der Waals surface area contributed by atoms with E-state index in [9.17, 15) is 0 Å². The number of aromatic amines is 1. The van der Waals surface area contributed by atoms with Crippen molar-refractivity contribution < 1.29 is 0 Å². The van der Waals surface area contributed by atoms with Gasteiger partial charge in [-0.2, -0.15) is 5.10 Å². The smallest absolute Gasteiger partial charge is 0.183 e. The van der Waals surface area contributed by atoms with E-state index in [-0.39, 0.29) is 0 Å². The molecule has 4 N–H and O–H groups in total. The number of benzene rings is 1. The van der Waals surface area contributed by atoms with E-state index in [1.807, 2.05) is 19.9 Å². The first kappa shape index (κ1) is 13.1. The third-order valence-corrected chi connectivity index (χ3v) is 4.39. The topological polar surface area (TPSA) is 79.6 Å². The monoisotopic (exact) mass is 287 g/mol. The Morgan fingerprint density at radius 3 is 3.00 bits per heavy atom. The van der Waals surface area contributed by atoms with E-state index in [4.69, 9.17) is 5.73 Å². The summed E-state index contributed by atoms with van der Waals surface area (Å²) in [4.78, 5) is 5.73. The summed E-state index contributed by atoms with van der Waals surface area (Å²) in [6.07, 6.45) is 0. The molecule has 0 amide bonds. The molecular formula is C14H17N5S. The number of nitrogens with zero attached hydrogens (tertiary/aromatic N) is 2. The fraction of sp³-hybridized carbons (Fsp3) is 0.286. The molecule has 3 aromatic rings. The molecule has 0 saturated carbocycles. The van der Waals surface area contributed by atoms with Gasteiger partial charge in [-0.05, 0) is 31.5 Å². The predicted molar refractivity (Wildman–Crippen MR) is 84.2 cm³/mol. The molecule has 20 heavy (non-hydrogen) atoms. The molecule has 0 aliphatic heterocycles. The number of rotatable bonds is 4. The molecule has 0 saturated heterocycles. The molecular weight excluding hydrogens is 270 g/mol. The highest BCUT2D eigenvalue weighted by Crippen LogP contribution is 2.34. The second-order valence-corrected chi connectivity index (χ2v) is 5.73. The lowest BCUT2D eigenvalue weighted by Gasteiger charge is -1.99. The van der Waals surface area contributed by atoms with Crippen molar-refractivity contribution in [1.82, 2.24) is 15.2 Å². The van der Waals surface area contributed by atoms with Crippen LogP contribution in [0.25, 0.3) is 21.3 Å². The first-order valence-electron chi connectivity index (χ1n) is 6.55. The Kier molecular flexibility index (Phi) is 3.42. The molecule has 0 radical (unpaired) electrons. The lowest BCUT2D eigenvalue weighted by molar-refractivity contribution is 1.02. The number of nitrogens with one attached hydrogen (secondary N) is 2. The molecule has 0 spiro atoms. The van der Waals surface area contributed by atoms with Crippen molar-refractivity contribution in [2.24, 2.45) is 5.73 Å². The highest BCUT2D eigenvalue weighted by molar-refractivity contribution is 7.19. The number of hydrogen-bond acceptors (Lipinski definition) is 5. The van der Waals surface area contributed by atoms with Gasteiger partial charge < -0.3 is 11.1 Å². The van der Waals surface area contributed by atoms with Crippen LogP contribution in [-0.4, -0.2) is 28.3 Å². The zero-order chi connectivity index (χ0) is 14.1. The van der Waals surface area contributed by atoms with Crippen LogP contribution in [0.1, 0.15) is 11.4 Å². The van der Waals surface area contributed by atoms with E-state index in [1.54, 1.807) is 11.3 Å². The van der Waals surface area contributed by atoms with Gasteiger partial charge in [-0.3, -0.25) is 5.10 Å². The summed E-state index contributed by atoms with van der Waals surface area (Å²) in [5.41, 5.74) is 9.80. The molecule has 0 fully saturated rings. The fourth-order valence-electron chi connectivity index (χ4n) is 2.20. The van der Waals surface area contributed by atoms with Gasteiger partial charge >= 0.3 is 0 Å². The zero-order valence-electron chi connectivity index (χ0n) is 11.5. The summed E-state index contributed by atoms with van der Waals surface area (Å²) in [5, 5.41) is 12.6. The number of hydrogen-bond donors (Lipinski definition) is 3. The van der Waals surface area contributed by atoms with E-state index in [1.165, 1.54) is 10.4 Å². The van der Waals surface area contributed by atoms with Gasteiger partial charge in [0, 0.05) is 24.2 Å². The van der Waals surface area contributed by atoms with Gasteiger partial charge in [0.05, 0.1) is 16.1 Å². The molecule has 104 valence electrons. The molecule has 5 nitrogen and oxygen atoms in total. The van der Waals surface area contributed by atoms with Crippen molar-refractivity contribution >= 4 is 27.4 Å². The van der Waals surface area contributed by atoms with E-state index in [0.717, 1.165) is 34.0 Å². The van der Waals surface area contributed by atoms with Gasteiger partial charge in [-0.15, -0.1) is 0 Å². The van der Waals surface area contributed by atoms with Crippen molar-refractivity contribution in [3.63, 3.8) is 0 Å². The molecule has 3 rings (SSSR count).